The van der Waals surface area contributed by atoms with Crippen molar-refractivity contribution in [3.63, 3.8) is 0 Å². The van der Waals surface area contributed by atoms with Crippen LogP contribution >= 0.6 is 0 Å². The first-order valence-electron chi connectivity index (χ1n) is 9.62. The van der Waals surface area contributed by atoms with Crippen LogP contribution in [0.3, 0.4) is 0 Å². The summed E-state index contributed by atoms with van der Waals surface area (Å²) in [4.78, 5) is 23.3. The Morgan fingerprint density at radius 1 is 1.19 bits per heavy atom. The molecule has 0 bridgehead atoms. The Balaban J connectivity index is 0.000000592. The molecule has 1 fully saturated rings. The van der Waals surface area contributed by atoms with E-state index in [2.05, 4.69) is 5.32 Å². The minimum absolute atomic E-state index is 0.0389. The number of benzene rings is 1. The van der Waals surface area contributed by atoms with Gasteiger partial charge in [-0.05, 0) is 32.4 Å². The predicted octanol–water partition coefficient (Wildman–Crippen LogP) is 1.71. The molecule has 0 unspecified atom stereocenters. The Morgan fingerprint density at radius 2 is 1.71 bits per heavy atom. The molecule has 1 amide bonds. The first-order chi connectivity index (χ1) is 14.3. The van der Waals surface area contributed by atoms with E-state index in [0.29, 0.717) is 31.7 Å². The number of aliphatic carboxylic acids is 1. The van der Waals surface area contributed by atoms with Gasteiger partial charge in [-0.15, -0.1) is 0 Å². The first-order valence-corrected chi connectivity index (χ1v) is 11.2. The second kappa shape index (κ2) is 11.4. The van der Waals surface area contributed by atoms with Gasteiger partial charge in [0.1, 0.15) is 0 Å². The minimum Gasteiger partial charge on any atom is -0.475 e. The normalized spacial score (nSPS) is 15.2. The second-order valence-corrected chi connectivity index (χ2v) is 9.26. The van der Waals surface area contributed by atoms with E-state index >= 15 is 0 Å². The van der Waals surface area contributed by atoms with Crippen molar-refractivity contribution in [1.29, 1.82) is 0 Å². The number of alkyl halides is 3. The molecular formula is C19H28F3N3O5S. The Kier molecular flexibility index (Phi) is 9.91. The Morgan fingerprint density at radius 3 is 2.16 bits per heavy atom. The van der Waals surface area contributed by atoms with E-state index in [1.165, 1.54) is 4.31 Å². The zero-order chi connectivity index (χ0) is 23.8. The fourth-order valence-corrected chi connectivity index (χ4v) is 4.25. The van der Waals surface area contributed by atoms with Crippen molar-refractivity contribution in [2.45, 2.75) is 33.0 Å². The third-order valence-corrected chi connectivity index (χ3v) is 6.41. The highest BCUT2D eigenvalue weighted by Crippen LogP contribution is 2.14. The van der Waals surface area contributed by atoms with Crippen molar-refractivity contribution in [2.75, 3.05) is 38.5 Å². The van der Waals surface area contributed by atoms with Crippen LogP contribution in [0.5, 0.6) is 0 Å². The number of hydrogen-bond donors (Lipinski definition) is 2. The summed E-state index contributed by atoms with van der Waals surface area (Å²) in [6, 6.07) is 7.34. The fraction of sp³-hybridized carbons (Fsp3) is 0.579. The van der Waals surface area contributed by atoms with Crippen molar-refractivity contribution in [3.05, 3.63) is 35.4 Å². The molecule has 1 aliphatic rings. The summed E-state index contributed by atoms with van der Waals surface area (Å²) >= 11 is 0. The lowest BCUT2D eigenvalue weighted by molar-refractivity contribution is -0.192. The third-order valence-electron chi connectivity index (χ3n) is 4.56. The van der Waals surface area contributed by atoms with Crippen molar-refractivity contribution in [3.8, 4) is 0 Å². The maximum atomic E-state index is 12.8. The van der Waals surface area contributed by atoms with Gasteiger partial charge in [-0.3, -0.25) is 4.79 Å². The summed E-state index contributed by atoms with van der Waals surface area (Å²) in [5.41, 5.74) is 1.53. The summed E-state index contributed by atoms with van der Waals surface area (Å²) < 4.78 is 58.2. The molecule has 1 aliphatic heterocycles. The molecule has 8 nitrogen and oxygen atoms in total. The van der Waals surface area contributed by atoms with Crippen molar-refractivity contribution in [2.24, 2.45) is 0 Å². The van der Waals surface area contributed by atoms with Crippen LogP contribution in [0.4, 0.5) is 13.2 Å². The molecule has 0 aliphatic carbocycles. The van der Waals surface area contributed by atoms with Crippen LogP contribution in [0.15, 0.2) is 24.3 Å². The molecule has 1 saturated heterocycles. The van der Waals surface area contributed by atoms with Gasteiger partial charge < -0.3 is 15.3 Å². The summed E-state index contributed by atoms with van der Waals surface area (Å²) in [6.45, 7) is 8.26. The summed E-state index contributed by atoms with van der Waals surface area (Å²) in [5, 5.41) is 10.3. The molecule has 31 heavy (non-hydrogen) atoms. The number of hydrogen-bond acceptors (Lipinski definition) is 5. The number of halogens is 3. The van der Waals surface area contributed by atoms with Crippen LogP contribution < -0.4 is 5.32 Å². The third kappa shape index (κ3) is 8.46. The number of aryl methyl sites for hydroxylation is 1. The van der Waals surface area contributed by atoms with Gasteiger partial charge in [0.15, 0.2) is 0 Å². The highest BCUT2D eigenvalue weighted by molar-refractivity contribution is 7.89. The zero-order valence-electron chi connectivity index (χ0n) is 17.6. The molecule has 1 heterocycles. The maximum Gasteiger partial charge on any atom is 0.490 e. The fourth-order valence-electron chi connectivity index (χ4n) is 2.83. The number of carbonyl (C=O) groups excluding carboxylic acids is 1. The monoisotopic (exact) mass is 467 g/mol. The molecule has 0 radical (unpaired) electrons. The van der Waals surface area contributed by atoms with Crippen LogP contribution in [-0.4, -0.2) is 85.3 Å². The molecular weight excluding hydrogens is 439 g/mol. The highest BCUT2D eigenvalue weighted by Gasteiger charge is 2.38. The topological polar surface area (TPSA) is 107 Å². The standard InChI is InChI=1S/C17H27N3O3S.C2HF3O2/c1-14(2)20(17(21)16-7-5-4-6-15(16)3)12-13-24(22,23)19-10-8-18-9-11-19;3-2(4,5)1(6)7/h4-7,14,18H,8-13H2,1-3H3;(H,6,7). The van der Waals surface area contributed by atoms with E-state index < -0.39 is 22.2 Å². The smallest absolute Gasteiger partial charge is 0.475 e. The lowest BCUT2D eigenvalue weighted by atomic mass is 10.1. The predicted molar refractivity (Wildman–Crippen MR) is 109 cm³/mol. The number of piperazine rings is 1. The van der Waals surface area contributed by atoms with Crippen LogP contribution in [0, 0.1) is 6.92 Å². The van der Waals surface area contributed by atoms with Gasteiger partial charge in [0.2, 0.25) is 10.0 Å². The zero-order valence-corrected chi connectivity index (χ0v) is 18.5. The van der Waals surface area contributed by atoms with E-state index in [0.717, 1.165) is 5.56 Å². The van der Waals surface area contributed by atoms with Gasteiger partial charge in [0.05, 0.1) is 5.75 Å². The number of rotatable bonds is 6. The molecule has 176 valence electrons. The molecule has 2 rings (SSSR count). The largest absolute Gasteiger partial charge is 0.490 e. The van der Waals surface area contributed by atoms with Gasteiger partial charge in [-0.2, -0.15) is 17.5 Å². The van der Waals surface area contributed by atoms with Crippen molar-refractivity contribution >= 4 is 21.9 Å². The number of nitrogens with zero attached hydrogens (tertiary/aromatic N) is 2. The van der Waals surface area contributed by atoms with Crippen molar-refractivity contribution in [1.82, 2.24) is 14.5 Å². The maximum absolute atomic E-state index is 12.8. The average molecular weight is 468 g/mol. The number of nitrogens with one attached hydrogen (secondary N) is 1. The molecule has 2 N–H and O–H groups in total. The number of carbonyl (C=O) groups is 2. The molecule has 0 atom stereocenters. The van der Waals surface area contributed by atoms with Gasteiger partial charge >= 0.3 is 12.1 Å². The number of carboxylic acids is 1. The summed E-state index contributed by atoms with van der Waals surface area (Å²) in [6.07, 6.45) is -5.08. The molecule has 12 heteroatoms. The molecule has 0 spiro atoms. The van der Waals surface area contributed by atoms with Gasteiger partial charge in [-0.25, -0.2) is 13.2 Å². The van der Waals surface area contributed by atoms with E-state index in [1.54, 1.807) is 11.0 Å². The first kappa shape index (κ1) is 26.9. The van der Waals surface area contributed by atoms with Crippen LogP contribution in [0.2, 0.25) is 0 Å². The number of carboxylic acid groups (broad SMARTS) is 1. The number of amides is 1. The lowest BCUT2D eigenvalue weighted by Crippen LogP contribution is -2.49. The van der Waals surface area contributed by atoms with E-state index in [-0.39, 0.29) is 24.2 Å². The van der Waals surface area contributed by atoms with Crippen molar-refractivity contribution < 1.29 is 36.3 Å². The second-order valence-electron chi connectivity index (χ2n) is 7.18. The Bertz CT molecular complexity index is 854. The molecule has 1 aromatic rings. The molecule has 0 aromatic heterocycles. The van der Waals surface area contributed by atoms with Crippen LogP contribution in [0.25, 0.3) is 0 Å². The van der Waals surface area contributed by atoms with Gasteiger partial charge in [-0.1, -0.05) is 18.2 Å². The summed E-state index contributed by atoms with van der Waals surface area (Å²) in [7, 11) is -3.34. The van der Waals surface area contributed by atoms with Gasteiger partial charge in [0.25, 0.3) is 5.91 Å². The van der Waals surface area contributed by atoms with Crippen LogP contribution in [0.1, 0.15) is 29.8 Å². The van der Waals surface area contributed by atoms with E-state index in [4.69, 9.17) is 9.90 Å². The summed E-state index contributed by atoms with van der Waals surface area (Å²) in [5.74, 6) is -2.91. The SMILES string of the molecule is Cc1ccccc1C(=O)N(CCS(=O)(=O)N1CCNCC1)C(C)C.O=C(O)C(F)(F)F. The van der Waals surface area contributed by atoms with E-state index in [1.807, 2.05) is 39.0 Å². The molecule has 0 saturated carbocycles. The Labute approximate surface area is 180 Å². The average Bonchev–Trinajstić information content (AvgIpc) is 2.68. The van der Waals surface area contributed by atoms with Crippen LogP contribution in [-0.2, 0) is 14.8 Å². The van der Waals surface area contributed by atoms with Gasteiger partial charge in [0, 0.05) is 44.3 Å². The minimum atomic E-state index is -5.08. The lowest BCUT2D eigenvalue weighted by Gasteiger charge is -2.30. The van der Waals surface area contributed by atoms with E-state index in [9.17, 15) is 26.4 Å². The highest BCUT2D eigenvalue weighted by atomic mass is 32.2. The molecule has 1 aromatic carbocycles. The Hall–Kier alpha value is -2.18. The quantitative estimate of drug-likeness (QED) is 0.660. The number of sulfonamides is 1.